The highest BCUT2D eigenvalue weighted by Crippen LogP contribution is 2.26. The average molecular weight is 409 g/mol. The third-order valence-corrected chi connectivity index (χ3v) is 4.70. The van der Waals surface area contributed by atoms with Crippen LogP contribution in [0, 0.1) is 11.6 Å². The van der Waals surface area contributed by atoms with Crippen molar-refractivity contribution in [3.8, 4) is 11.3 Å². The maximum absolute atomic E-state index is 13.2. The largest absolute Gasteiger partial charge is 0.298 e. The van der Waals surface area contributed by atoms with E-state index in [2.05, 4.69) is 15.0 Å². The van der Waals surface area contributed by atoms with Gasteiger partial charge in [-0.25, -0.2) is 22.2 Å². The first-order valence-electron chi connectivity index (χ1n) is 7.51. The number of nitrogens with zero attached hydrogens (tertiary/aromatic N) is 1. The van der Waals surface area contributed by atoms with E-state index in [1.165, 1.54) is 0 Å². The van der Waals surface area contributed by atoms with Crippen molar-refractivity contribution >= 4 is 38.1 Å². The van der Waals surface area contributed by atoms with Crippen molar-refractivity contribution in [2.45, 2.75) is 0 Å². The van der Waals surface area contributed by atoms with E-state index in [1.807, 2.05) is 0 Å². The Kier molecular flexibility index (Phi) is 5.19. The summed E-state index contributed by atoms with van der Waals surface area (Å²) in [5.74, 6) is -2.37. The van der Waals surface area contributed by atoms with E-state index in [4.69, 9.17) is 0 Å². The molecule has 0 fully saturated rings. The minimum atomic E-state index is -3.36. The molecule has 0 bridgehead atoms. The Morgan fingerprint density at radius 2 is 1.70 bits per heavy atom. The van der Waals surface area contributed by atoms with E-state index in [1.54, 1.807) is 29.6 Å². The van der Waals surface area contributed by atoms with Gasteiger partial charge in [0.2, 0.25) is 10.0 Å². The monoisotopic (exact) mass is 409 g/mol. The highest BCUT2D eigenvalue weighted by Gasteiger charge is 2.12. The van der Waals surface area contributed by atoms with E-state index in [0.29, 0.717) is 23.0 Å². The van der Waals surface area contributed by atoms with Crippen molar-refractivity contribution in [2.24, 2.45) is 0 Å². The fourth-order valence-electron chi connectivity index (χ4n) is 2.24. The Bertz CT molecular complexity index is 1080. The number of anilines is 2. The molecular formula is C17H13F2N3O3S2. The van der Waals surface area contributed by atoms with E-state index >= 15 is 0 Å². The summed E-state index contributed by atoms with van der Waals surface area (Å²) < 4.78 is 51.2. The van der Waals surface area contributed by atoms with Gasteiger partial charge in [-0.05, 0) is 24.3 Å². The lowest BCUT2D eigenvalue weighted by Crippen LogP contribution is -2.12. The van der Waals surface area contributed by atoms with E-state index in [0.717, 1.165) is 29.7 Å². The Labute approximate surface area is 157 Å². The average Bonchev–Trinajstić information content (AvgIpc) is 3.01. The molecule has 3 rings (SSSR count). The second kappa shape index (κ2) is 7.41. The molecule has 6 nitrogen and oxygen atoms in total. The van der Waals surface area contributed by atoms with Crippen LogP contribution in [0.15, 0.2) is 47.8 Å². The summed E-state index contributed by atoms with van der Waals surface area (Å²) in [5.41, 5.74) is 1.54. The number of halogens is 2. The van der Waals surface area contributed by atoms with Crippen molar-refractivity contribution in [1.29, 1.82) is 0 Å². The lowest BCUT2D eigenvalue weighted by molar-refractivity contribution is 0.102. The van der Waals surface area contributed by atoms with Gasteiger partial charge in [-0.1, -0.05) is 12.1 Å². The number of aromatic nitrogens is 1. The van der Waals surface area contributed by atoms with Crippen LogP contribution in [0.5, 0.6) is 0 Å². The number of amides is 1. The molecule has 0 saturated heterocycles. The Balaban J connectivity index is 1.73. The first-order chi connectivity index (χ1) is 12.7. The molecule has 2 aromatic carbocycles. The van der Waals surface area contributed by atoms with Gasteiger partial charge in [-0.15, -0.1) is 11.3 Å². The van der Waals surface area contributed by atoms with Gasteiger partial charge in [0, 0.05) is 28.3 Å². The van der Waals surface area contributed by atoms with Crippen LogP contribution in [-0.4, -0.2) is 25.6 Å². The first kappa shape index (κ1) is 18.9. The first-order valence-corrected chi connectivity index (χ1v) is 10.3. The molecule has 140 valence electrons. The van der Waals surface area contributed by atoms with Crippen molar-refractivity contribution in [3.63, 3.8) is 0 Å². The van der Waals surface area contributed by atoms with E-state index in [-0.39, 0.29) is 10.7 Å². The summed E-state index contributed by atoms with van der Waals surface area (Å²) >= 11 is 1.15. The van der Waals surface area contributed by atoms with Crippen LogP contribution in [0.3, 0.4) is 0 Å². The number of thiazole rings is 1. The lowest BCUT2D eigenvalue weighted by atomic mass is 10.1. The topological polar surface area (TPSA) is 88.2 Å². The number of benzene rings is 2. The lowest BCUT2D eigenvalue weighted by Gasteiger charge is -2.04. The predicted octanol–water partition coefficient (Wildman–Crippen LogP) is 3.71. The van der Waals surface area contributed by atoms with E-state index in [9.17, 15) is 22.0 Å². The molecule has 1 heterocycles. The molecule has 27 heavy (non-hydrogen) atoms. The van der Waals surface area contributed by atoms with Crippen molar-refractivity contribution in [3.05, 3.63) is 65.0 Å². The predicted molar refractivity (Wildman–Crippen MR) is 100 cm³/mol. The molecule has 0 atom stereocenters. The molecule has 3 aromatic rings. The second-order valence-electron chi connectivity index (χ2n) is 5.60. The van der Waals surface area contributed by atoms with Gasteiger partial charge in [0.15, 0.2) is 5.13 Å². The zero-order valence-electron chi connectivity index (χ0n) is 13.9. The van der Waals surface area contributed by atoms with Crippen molar-refractivity contribution in [2.75, 3.05) is 16.3 Å². The molecule has 0 unspecified atom stereocenters. The normalized spacial score (nSPS) is 11.2. The molecule has 1 aromatic heterocycles. The molecule has 0 saturated carbocycles. The molecular weight excluding hydrogens is 396 g/mol. The molecule has 0 spiro atoms. The van der Waals surface area contributed by atoms with Crippen LogP contribution in [-0.2, 0) is 10.0 Å². The maximum atomic E-state index is 13.2. The zero-order valence-corrected chi connectivity index (χ0v) is 15.5. The molecule has 1 amide bonds. The van der Waals surface area contributed by atoms with Gasteiger partial charge in [-0.3, -0.25) is 14.8 Å². The maximum Gasteiger partial charge on any atom is 0.257 e. The number of rotatable bonds is 5. The van der Waals surface area contributed by atoms with Gasteiger partial charge in [0.25, 0.3) is 5.91 Å². The number of sulfonamides is 1. The quantitative estimate of drug-likeness (QED) is 0.672. The molecule has 2 N–H and O–H groups in total. The third kappa shape index (κ3) is 5.08. The summed E-state index contributed by atoms with van der Waals surface area (Å²) in [6, 6.07) is 9.07. The summed E-state index contributed by atoms with van der Waals surface area (Å²) in [5, 5.41) is 4.45. The standard InChI is InChI=1S/C17H13F2N3O3S2/c1-27(24,25)22-14-4-2-10(3-5-14)15-9-26-17(20-15)21-16(23)11-6-12(18)8-13(19)7-11/h2-9,22H,1H3,(H,20,21,23). The molecule has 0 radical (unpaired) electrons. The highest BCUT2D eigenvalue weighted by atomic mass is 32.2. The highest BCUT2D eigenvalue weighted by molar-refractivity contribution is 7.92. The molecule has 0 aliphatic heterocycles. The number of carbonyl (C=O) groups excluding carboxylic acids is 1. The van der Waals surface area contributed by atoms with Crippen LogP contribution in [0.2, 0.25) is 0 Å². The Morgan fingerprint density at radius 1 is 1.07 bits per heavy atom. The minimum Gasteiger partial charge on any atom is -0.298 e. The number of hydrogen-bond donors (Lipinski definition) is 2. The SMILES string of the molecule is CS(=O)(=O)Nc1ccc(-c2csc(NC(=O)c3cc(F)cc(F)c3)n2)cc1. The van der Waals surface area contributed by atoms with Crippen LogP contribution >= 0.6 is 11.3 Å². The van der Waals surface area contributed by atoms with Crippen LogP contribution < -0.4 is 10.0 Å². The second-order valence-corrected chi connectivity index (χ2v) is 8.21. The minimum absolute atomic E-state index is 0.152. The Hall–Kier alpha value is -2.85. The molecule has 0 aliphatic carbocycles. The fourth-order valence-corrected chi connectivity index (χ4v) is 3.52. The van der Waals surface area contributed by atoms with Gasteiger partial charge in [-0.2, -0.15) is 0 Å². The van der Waals surface area contributed by atoms with Gasteiger partial charge < -0.3 is 0 Å². The van der Waals surface area contributed by atoms with Crippen LogP contribution in [0.25, 0.3) is 11.3 Å². The third-order valence-electron chi connectivity index (χ3n) is 3.33. The van der Waals surface area contributed by atoms with Crippen LogP contribution in [0.1, 0.15) is 10.4 Å². The molecule has 10 heteroatoms. The fraction of sp³-hybridized carbons (Fsp3) is 0.0588. The van der Waals surface area contributed by atoms with Crippen molar-refractivity contribution in [1.82, 2.24) is 4.98 Å². The van der Waals surface area contributed by atoms with Gasteiger partial charge in [0.1, 0.15) is 11.6 Å². The Morgan fingerprint density at radius 3 is 2.30 bits per heavy atom. The summed E-state index contributed by atoms with van der Waals surface area (Å²) in [6.45, 7) is 0. The van der Waals surface area contributed by atoms with Crippen molar-refractivity contribution < 1.29 is 22.0 Å². The summed E-state index contributed by atoms with van der Waals surface area (Å²) in [4.78, 5) is 16.4. The van der Waals surface area contributed by atoms with Gasteiger partial charge in [0.05, 0.1) is 11.9 Å². The van der Waals surface area contributed by atoms with Gasteiger partial charge >= 0.3 is 0 Å². The number of nitrogens with one attached hydrogen (secondary N) is 2. The van der Waals surface area contributed by atoms with E-state index < -0.39 is 27.6 Å². The smallest absolute Gasteiger partial charge is 0.257 e. The zero-order chi connectivity index (χ0) is 19.6. The molecule has 0 aliphatic rings. The summed E-state index contributed by atoms with van der Waals surface area (Å²) in [7, 11) is -3.36. The van der Waals surface area contributed by atoms with Crippen LogP contribution in [0.4, 0.5) is 19.6 Å². The summed E-state index contributed by atoms with van der Waals surface area (Å²) in [6.07, 6.45) is 1.06. The number of carbonyl (C=O) groups is 1. The number of hydrogen-bond acceptors (Lipinski definition) is 5.